The van der Waals surface area contributed by atoms with Gasteiger partial charge in [0.25, 0.3) is 5.97 Å². The number of hydrogen-bond donors (Lipinski definition) is 1. The average molecular weight is 140 g/mol. The van der Waals surface area contributed by atoms with Crippen molar-refractivity contribution in [1.29, 1.82) is 0 Å². The van der Waals surface area contributed by atoms with Crippen LogP contribution in [-0.4, -0.2) is 23.4 Å². The molecule has 0 atom stereocenters. The number of amidine groups is 1. The van der Waals surface area contributed by atoms with E-state index in [1.807, 2.05) is 0 Å². The van der Waals surface area contributed by atoms with Crippen LogP contribution in [0.2, 0.25) is 0 Å². The van der Waals surface area contributed by atoms with Gasteiger partial charge in [0.1, 0.15) is 6.67 Å². The van der Waals surface area contributed by atoms with E-state index in [4.69, 9.17) is 0 Å². The van der Waals surface area contributed by atoms with Gasteiger partial charge in [0.05, 0.1) is 0 Å². The van der Waals surface area contributed by atoms with Crippen LogP contribution in [0.15, 0.2) is 22.5 Å². The lowest BCUT2D eigenvalue weighted by molar-refractivity contribution is 0.546. The zero-order chi connectivity index (χ0) is 6.97. The molecule has 0 aromatic carbocycles. The molecule has 0 bridgehead atoms. The molecule has 2 heterocycles. The number of halogens is 1. The third kappa shape index (κ3) is 0.601. The number of nitrogens with zero attached hydrogens (tertiary/aromatic N) is 3. The highest BCUT2D eigenvalue weighted by atomic mass is 19.1. The van der Waals surface area contributed by atoms with Crippen molar-refractivity contribution in [2.45, 2.75) is 0 Å². The minimum atomic E-state index is -0.535. The SMILES string of the molecule is FC1=NC=CN2CNN=C12. The van der Waals surface area contributed by atoms with Crippen molar-refractivity contribution < 1.29 is 4.39 Å². The highest BCUT2D eigenvalue weighted by molar-refractivity contribution is 6.38. The molecule has 4 nitrogen and oxygen atoms in total. The van der Waals surface area contributed by atoms with Gasteiger partial charge in [-0.25, -0.2) is 4.99 Å². The molecule has 0 radical (unpaired) electrons. The van der Waals surface area contributed by atoms with Crippen molar-refractivity contribution >= 4 is 11.8 Å². The zero-order valence-electron chi connectivity index (χ0n) is 5.08. The number of nitrogens with one attached hydrogen (secondary N) is 1. The molecule has 1 N–H and O–H groups in total. The Bertz CT molecular complexity index is 242. The normalized spacial score (nSPS) is 21.5. The molecule has 10 heavy (non-hydrogen) atoms. The first kappa shape index (κ1) is 5.40. The molecule has 52 valence electrons. The minimum Gasteiger partial charge on any atom is -0.307 e. The summed E-state index contributed by atoms with van der Waals surface area (Å²) in [5.41, 5.74) is 2.64. The Morgan fingerprint density at radius 3 is 3.40 bits per heavy atom. The van der Waals surface area contributed by atoms with E-state index < -0.39 is 5.97 Å². The predicted octanol–water partition coefficient (Wildman–Crippen LogP) is 0.0154. The van der Waals surface area contributed by atoms with Crippen LogP contribution in [0.25, 0.3) is 0 Å². The van der Waals surface area contributed by atoms with Gasteiger partial charge in [-0.3, -0.25) is 5.43 Å². The maximum Gasteiger partial charge on any atom is 0.258 e. The van der Waals surface area contributed by atoms with E-state index in [1.54, 1.807) is 11.1 Å². The molecule has 0 unspecified atom stereocenters. The van der Waals surface area contributed by atoms with Gasteiger partial charge in [0.2, 0.25) is 5.84 Å². The van der Waals surface area contributed by atoms with Gasteiger partial charge in [0.15, 0.2) is 0 Å². The van der Waals surface area contributed by atoms with Crippen molar-refractivity contribution in [3.63, 3.8) is 0 Å². The van der Waals surface area contributed by atoms with Gasteiger partial charge in [-0.15, -0.1) is 0 Å². The van der Waals surface area contributed by atoms with Gasteiger partial charge >= 0.3 is 0 Å². The Labute approximate surface area is 56.7 Å². The average Bonchev–Trinajstić information content (AvgIpc) is 2.36. The summed E-state index contributed by atoms with van der Waals surface area (Å²) >= 11 is 0. The summed E-state index contributed by atoms with van der Waals surface area (Å²) in [5, 5.41) is 3.67. The number of hydrogen-bond acceptors (Lipinski definition) is 4. The minimum absolute atomic E-state index is 0.266. The fourth-order valence-corrected chi connectivity index (χ4v) is 0.850. The lowest BCUT2D eigenvalue weighted by Gasteiger charge is -2.13. The predicted molar refractivity (Wildman–Crippen MR) is 35.0 cm³/mol. The number of aliphatic imine (C=N–C) groups is 1. The summed E-state index contributed by atoms with van der Waals surface area (Å²) in [7, 11) is 0. The van der Waals surface area contributed by atoms with Gasteiger partial charge < -0.3 is 4.90 Å². The molecule has 5 heteroatoms. The maximum absolute atomic E-state index is 12.6. The van der Waals surface area contributed by atoms with Crippen LogP contribution < -0.4 is 5.43 Å². The van der Waals surface area contributed by atoms with Crippen molar-refractivity contribution in [2.24, 2.45) is 10.1 Å². The summed E-state index contributed by atoms with van der Waals surface area (Å²) < 4.78 is 12.6. The third-order valence-electron chi connectivity index (χ3n) is 1.32. The first-order valence-electron chi connectivity index (χ1n) is 2.85. The van der Waals surface area contributed by atoms with Crippen LogP contribution in [-0.2, 0) is 0 Å². The van der Waals surface area contributed by atoms with E-state index in [1.165, 1.54) is 6.20 Å². The Hall–Kier alpha value is -1.39. The molecule has 0 aromatic heterocycles. The van der Waals surface area contributed by atoms with Gasteiger partial charge in [-0.05, 0) is 0 Å². The second-order valence-corrected chi connectivity index (χ2v) is 1.94. The van der Waals surface area contributed by atoms with Crippen molar-refractivity contribution in [2.75, 3.05) is 6.67 Å². The molecule has 0 saturated carbocycles. The molecule has 2 aliphatic heterocycles. The molecule has 0 spiro atoms. The smallest absolute Gasteiger partial charge is 0.258 e. The van der Waals surface area contributed by atoms with Gasteiger partial charge in [-0.2, -0.15) is 9.49 Å². The molecule has 0 aliphatic carbocycles. The van der Waals surface area contributed by atoms with E-state index in [2.05, 4.69) is 15.5 Å². The molecule has 2 rings (SSSR count). The van der Waals surface area contributed by atoms with Crippen LogP contribution in [0.3, 0.4) is 0 Å². The lowest BCUT2D eigenvalue weighted by Crippen LogP contribution is -2.29. The second-order valence-electron chi connectivity index (χ2n) is 1.94. The molecule has 2 aliphatic rings. The summed E-state index contributed by atoms with van der Waals surface area (Å²) in [6, 6.07) is 0. The van der Waals surface area contributed by atoms with E-state index >= 15 is 0 Å². The molecule has 0 aromatic rings. The van der Waals surface area contributed by atoms with Gasteiger partial charge in [0, 0.05) is 12.4 Å². The van der Waals surface area contributed by atoms with Crippen LogP contribution in [0.4, 0.5) is 4.39 Å². The number of hydrazone groups is 1. The number of rotatable bonds is 0. The maximum atomic E-state index is 12.6. The van der Waals surface area contributed by atoms with Crippen molar-refractivity contribution in [1.82, 2.24) is 10.3 Å². The van der Waals surface area contributed by atoms with Crippen LogP contribution >= 0.6 is 0 Å². The van der Waals surface area contributed by atoms with Crippen molar-refractivity contribution in [3.8, 4) is 0 Å². The van der Waals surface area contributed by atoms with Crippen LogP contribution in [0.1, 0.15) is 0 Å². The van der Waals surface area contributed by atoms with Crippen molar-refractivity contribution in [3.05, 3.63) is 12.4 Å². The quantitative estimate of drug-likeness (QED) is 0.515. The Balaban J connectivity index is 2.38. The number of fused-ring (bicyclic) bond motifs is 1. The first-order valence-corrected chi connectivity index (χ1v) is 2.85. The fraction of sp³-hybridized carbons (Fsp3) is 0.200. The largest absolute Gasteiger partial charge is 0.307 e. The summed E-state index contributed by atoms with van der Waals surface area (Å²) in [4.78, 5) is 5.07. The Morgan fingerprint density at radius 1 is 1.70 bits per heavy atom. The van der Waals surface area contributed by atoms with E-state index in [9.17, 15) is 4.39 Å². The summed E-state index contributed by atoms with van der Waals surface area (Å²) in [5.74, 6) is -0.269. The third-order valence-corrected chi connectivity index (χ3v) is 1.32. The van der Waals surface area contributed by atoms with Crippen LogP contribution in [0.5, 0.6) is 0 Å². The topological polar surface area (TPSA) is 40.0 Å². The fourth-order valence-electron chi connectivity index (χ4n) is 0.850. The van der Waals surface area contributed by atoms with Crippen LogP contribution in [0, 0.1) is 0 Å². The monoisotopic (exact) mass is 140 g/mol. The summed E-state index contributed by atoms with van der Waals surface area (Å²) in [6.07, 6.45) is 3.07. The lowest BCUT2D eigenvalue weighted by atomic mass is 10.5. The Kier molecular flexibility index (Phi) is 0.969. The standard InChI is InChI=1S/C5H5FN4/c6-4-5-9-8-3-10(5)2-1-7-4/h1-2,8H,3H2. The zero-order valence-corrected chi connectivity index (χ0v) is 5.08. The molecule has 0 fully saturated rings. The highest BCUT2D eigenvalue weighted by Gasteiger charge is 2.21. The van der Waals surface area contributed by atoms with E-state index in [-0.39, 0.29) is 5.84 Å². The Morgan fingerprint density at radius 2 is 2.60 bits per heavy atom. The first-order chi connectivity index (χ1) is 4.88. The van der Waals surface area contributed by atoms with E-state index in [0.717, 1.165) is 0 Å². The molecule has 0 amide bonds. The second kappa shape index (κ2) is 1.80. The molecular weight excluding hydrogens is 135 g/mol. The summed E-state index contributed by atoms with van der Waals surface area (Å²) in [6.45, 7) is 0.523. The molecular formula is C5H5FN4. The van der Waals surface area contributed by atoms with Gasteiger partial charge in [-0.1, -0.05) is 0 Å². The molecule has 0 saturated heterocycles. The van der Waals surface area contributed by atoms with E-state index in [0.29, 0.717) is 6.67 Å². The highest BCUT2D eigenvalue weighted by Crippen LogP contribution is 2.06.